The quantitative estimate of drug-likeness (QED) is 0.0262. The third kappa shape index (κ3) is 52.7. The Morgan fingerprint density at radius 3 is 0.877 bits per heavy atom. The van der Waals surface area contributed by atoms with Crippen molar-refractivity contribution in [3.8, 4) is 0 Å². The Hall–Kier alpha value is -2.11. The molecule has 6 nitrogen and oxygen atoms in total. The summed E-state index contributed by atoms with van der Waals surface area (Å²) in [5.74, 6) is -0.863. The van der Waals surface area contributed by atoms with E-state index in [0.717, 1.165) is 77.0 Å². The number of carbonyl (C=O) groups excluding carboxylic acids is 3. The van der Waals surface area contributed by atoms with E-state index in [-0.39, 0.29) is 31.1 Å². The van der Waals surface area contributed by atoms with Gasteiger partial charge in [-0.3, -0.25) is 14.4 Å². The van der Waals surface area contributed by atoms with E-state index >= 15 is 0 Å². The summed E-state index contributed by atoms with van der Waals surface area (Å²) >= 11 is 0. The molecule has 6 heteroatoms. The Morgan fingerprint density at radius 1 is 0.308 bits per heavy atom. The minimum atomic E-state index is -0.773. The highest BCUT2D eigenvalue weighted by Crippen LogP contribution is 2.17. The fourth-order valence-corrected chi connectivity index (χ4v) is 8.59. The molecule has 0 heterocycles. The third-order valence-electron chi connectivity index (χ3n) is 13.0. The van der Waals surface area contributed by atoms with Crippen LogP contribution in [-0.2, 0) is 28.6 Å². The highest BCUT2D eigenvalue weighted by atomic mass is 16.6. The van der Waals surface area contributed by atoms with Crippen LogP contribution in [0.25, 0.3) is 0 Å². The number of carbonyl (C=O) groups is 3. The zero-order chi connectivity index (χ0) is 47.2. The first-order valence-corrected chi connectivity index (χ1v) is 28.8. The molecule has 0 unspecified atom stereocenters. The average Bonchev–Trinajstić information content (AvgIpc) is 3.30. The molecular formula is C59H110O6. The lowest BCUT2D eigenvalue weighted by atomic mass is 10.0. The second kappa shape index (κ2) is 54.5. The molecule has 0 spiro atoms. The molecule has 0 aromatic rings. The molecule has 0 saturated carbocycles. The highest BCUT2D eigenvalue weighted by Gasteiger charge is 2.19. The zero-order valence-electron chi connectivity index (χ0n) is 43.8. The molecule has 0 amide bonds. The van der Waals surface area contributed by atoms with Crippen LogP contribution >= 0.6 is 0 Å². The molecule has 0 radical (unpaired) electrons. The van der Waals surface area contributed by atoms with Crippen LogP contribution < -0.4 is 0 Å². The third-order valence-corrected chi connectivity index (χ3v) is 13.0. The van der Waals surface area contributed by atoms with Crippen LogP contribution in [0.2, 0.25) is 0 Å². The van der Waals surface area contributed by atoms with Gasteiger partial charge in [-0.15, -0.1) is 0 Å². The molecule has 0 N–H and O–H groups in total. The first-order valence-electron chi connectivity index (χ1n) is 28.8. The lowest BCUT2D eigenvalue weighted by Gasteiger charge is -2.18. The van der Waals surface area contributed by atoms with Gasteiger partial charge in [0.1, 0.15) is 13.2 Å². The number of rotatable bonds is 53. The number of hydrogen-bond acceptors (Lipinski definition) is 6. The van der Waals surface area contributed by atoms with Gasteiger partial charge in [-0.05, 0) is 51.4 Å². The first kappa shape index (κ1) is 62.9. The summed E-state index contributed by atoms with van der Waals surface area (Å²) in [7, 11) is 0. The Labute approximate surface area is 404 Å². The van der Waals surface area contributed by atoms with Gasteiger partial charge in [-0.2, -0.15) is 0 Å². The maximum Gasteiger partial charge on any atom is 0.306 e. The normalized spacial score (nSPS) is 12.1. The van der Waals surface area contributed by atoms with Crippen molar-refractivity contribution in [3.05, 3.63) is 24.3 Å². The fourth-order valence-electron chi connectivity index (χ4n) is 8.59. The van der Waals surface area contributed by atoms with E-state index in [1.165, 1.54) is 199 Å². The second-order valence-corrected chi connectivity index (χ2v) is 19.6. The van der Waals surface area contributed by atoms with E-state index in [0.29, 0.717) is 19.3 Å². The molecular weight excluding hydrogens is 805 g/mol. The molecule has 0 saturated heterocycles. The van der Waals surface area contributed by atoms with E-state index in [9.17, 15) is 14.4 Å². The number of ether oxygens (including phenoxy) is 3. The molecule has 0 aliphatic carbocycles. The smallest absolute Gasteiger partial charge is 0.306 e. The van der Waals surface area contributed by atoms with Crippen molar-refractivity contribution in [1.82, 2.24) is 0 Å². The van der Waals surface area contributed by atoms with Gasteiger partial charge in [-0.25, -0.2) is 0 Å². The number of esters is 3. The Bertz CT molecular complexity index is 1050. The van der Waals surface area contributed by atoms with Gasteiger partial charge in [0.05, 0.1) is 0 Å². The van der Waals surface area contributed by atoms with Gasteiger partial charge in [0.15, 0.2) is 6.10 Å². The maximum absolute atomic E-state index is 12.8. The summed E-state index contributed by atoms with van der Waals surface area (Å²) in [4.78, 5) is 38.1. The van der Waals surface area contributed by atoms with Crippen LogP contribution in [0.1, 0.15) is 316 Å². The molecule has 65 heavy (non-hydrogen) atoms. The number of unbranched alkanes of at least 4 members (excludes halogenated alkanes) is 38. The molecule has 1 atom stereocenters. The average molecular weight is 916 g/mol. The predicted octanol–water partition coefficient (Wildman–Crippen LogP) is 19.1. The first-order chi connectivity index (χ1) is 32.0. The zero-order valence-corrected chi connectivity index (χ0v) is 43.8. The lowest BCUT2D eigenvalue weighted by Crippen LogP contribution is -2.30. The van der Waals surface area contributed by atoms with Crippen LogP contribution in [0, 0.1) is 0 Å². The summed E-state index contributed by atoms with van der Waals surface area (Å²) in [5.41, 5.74) is 0. The van der Waals surface area contributed by atoms with Gasteiger partial charge >= 0.3 is 17.9 Å². The van der Waals surface area contributed by atoms with Gasteiger partial charge in [0.25, 0.3) is 0 Å². The molecule has 0 aliphatic heterocycles. The number of hydrogen-bond donors (Lipinski definition) is 0. The minimum absolute atomic E-state index is 0.0715. The second-order valence-electron chi connectivity index (χ2n) is 19.6. The van der Waals surface area contributed by atoms with Crippen LogP contribution in [0.5, 0.6) is 0 Å². The summed E-state index contributed by atoms with van der Waals surface area (Å²) in [6.45, 7) is 6.65. The molecule has 0 aliphatic rings. The van der Waals surface area contributed by atoms with Crippen LogP contribution in [-0.4, -0.2) is 37.2 Å². The van der Waals surface area contributed by atoms with Gasteiger partial charge < -0.3 is 14.2 Å². The topological polar surface area (TPSA) is 78.9 Å². The summed E-state index contributed by atoms with van der Waals surface area (Å²) in [6.07, 6.45) is 63.0. The molecule has 0 bridgehead atoms. The van der Waals surface area contributed by atoms with Gasteiger partial charge in [-0.1, -0.05) is 270 Å². The van der Waals surface area contributed by atoms with Crippen molar-refractivity contribution in [3.63, 3.8) is 0 Å². The molecule has 0 aromatic heterocycles. The lowest BCUT2D eigenvalue weighted by molar-refractivity contribution is -0.167. The highest BCUT2D eigenvalue weighted by molar-refractivity contribution is 5.71. The van der Waals surface area contributed by atoms with Crippen molar-refractivity contribution in [2.75, 3.05) is 13.2 Å². The summed E-state index contributed by atoms with van der Waals surface area (Å²) in [5, 5.41) is 0. The van der Waals surface area contributed by atoms with Gasteiger partial charge in [0, 0.05) is 19.3 Å². The van der Waals surface area contributed by atoms with Crippen molar-refractivity contribution in [2.24, 2.45) is 0 Å². The van der Waals surface area contributed by atoms with Crippen molar-refractivity contribution >= 4 is 17.9 Å². The van der Waals surface area contributed by atoms with Gasteiger partial charge in [0.2, 0.25) is 0 Å². The SMILES string of the molecule is CCCCC/C=C\C/C=C\CCCCCCCC(=O)O[C@H](COC(=O)CCCCCCCCCCCCCCCCC)COC(=O)CCCCCCCCCCCCCCCCCCC. The van der Waals surface area contributed by atoms with E-state index < -0.39 is 6.10 Å². The van der Waals surface area contributed by atoms with Crippen molar-refractivity contribution < 1.29 is 28.6 Å². The molecule has 0 aromatic carbocycles. The van der Waals surface area contributed by atoms with Crippen molar-refractivity contribution in [2.45, 2.75) is 322 Å². The Kier molecular flexibility index (Phi) is 52.7. The van der Waals surface area contributed by atoms with Crippen LogP contribution in [0.3, 0.4) is 0 Å². The molecule has 382 valence electrons. The summed E-state index contributed by atoms with van der Waals surface area (Å²) < 4.78 is 16.9. The number of allylic oxidation sites excluding steroid dienone is 4. The molecule has 0 rings (SSSR count). The van der Waals surface area contributed by atoms with Crippen molar-refractivity contribution in [1.29, 1.82) is 0 Å². The Morgan fingerprint density at radius 2 is 0.554 bits per heavy atom. The van der Waals surface area contributed by atoms with Crippen LogP contribution in [0.15, 0.2) is 24.3 Å². The van der Waals surface area contributed by atoms with E-state index in [1.54, 1.807) is 0 Å². The van der Waals surface area contributed by atoms with Crippen LogP contribution in [0.4, 0.5) is 0 Å². The predicted molar refractivity (Wildman–Crippen MR) is 279 cm³/mol. The minimum Gasteiger partial charge on any atom is -0.462 e. The monoisotopic (exact) mass is 915 g/mol. The van der Waals surface area contributed by atoms with E-state index in [2.05, 4.69) is 45.1 Å². The Balaban J connectivity index is 4.34. The maximum atomic E-state index is 12.8. The standard InChI is InChI=1S/C59H110O6/c1-4-7-10-13-16-19-22-25-28-29-32-34-37-40-43-46-49-52-58(61)64-55-56(65-59(62)53-50-47-44-41-38-35-31-27-24-21-18-15-12-9-6-3)54-63-57(60)51-48-45-42-39-36-33-30-26-23-20-17-14-11-8-5-2/h18,21,27,31,56H,4-17,19-20,22-26,28-30,32-55H2,1-3H3/b21-18-,31-27-/t56-/m1/s1. The fraction of sp³-hybridized carbons (Fsp3) is 0.881. The van der Waals surface area contributed by atoms with E-state index in [1.807, 2.05) is 0 Å². The molecule has 0 fully saturated rings. The summed E-state index contributed by atoms with van der Waals surface area (Å²) in [6, 6.07) is 0. The van der Waals surface area contributed by atoms with E-state index in [4.69, 9.17) is 14.2 Å². The largest absolute Gasteiger partial charge is 0.462 e.